The van der Waals surface area contributed by atoms with Crippen LogP contribution in [-0.4, -0.2) is 64.5 Å². The Balaban J connectivity index is 1.56. The van der Waals surface area contributed by atoms with Crippen LogP contribution in [0.3, 0.4) is 0 Å². The number of carbonyl (C=O) groups excluding carboxylic acids is 1. The van der Waals surface area contributed by atoms with Crippen LogP contribution in [0, 0.1) is 11.3 Å². The van der Waals surface area contributed by atoms with Crippen molar-refractivity contribution in [2.45, 2.75) is 51.2 Å². The zero-order chi connectivity index (χ0) is 27.0. The van der Waals surface area contributed by atoms with Crippen molar-refractivity contribution in [2.24, 2.45) is 0 Å². The molecule has 9 heteroatoms. The van der Waals surface area contributed by atoms with Gasteiger partial charge in [-0.15, -0.1) is 0 Å². The Morgan fingerprint density at radius 3 is 2.71 bits per heavy atom. The second kappa shape index (κ2) is 10.1. The highest BCUT2D eigenvalue weighted by atomic mass is 16.5. The lowest BCUT2D eigenvalue weighted by molar-refractivity contribution is 0.0633. The van der Waals surface area contributed by atoms with Gasteiger partial charge < -0.3 is 24.4 Å². The van der Waals surface area contributed by atoms with Crippen LogP contribution >= 0.6 is 0 Å². The first-order valence-corrected chi connectivity index (χ1v) is 13.1. The fourth-order valence-electron chi connectivity index (χ4n) is 5.68. The number of nitriles is 1. The Hall–Kier alpha value is -3.90. The molecule has 1 atom stereocenters. The lowest BCUT2D eigenvalue weighted by Crippen LogP contribution is -2.45. The van der Waals surface area contributed by atoms with Gasteiger partial charge in [-0.05, 0) is 63.5 Å². The van der Waals surface area contributed by atoms with Gasteiger partial charge in [0.2, 0.25) is 5.95 Å². The highest BCUT2D eigenvalue weighted by molar-refractivity contribution is 5.98. The molecular weight excluding hydrogens is 478 g/mol. The third-order valence-electron chi connectivity index (χ3n) is 7.61. The van der Waals surface area contributed by atoms with Crippen LogP contribution < -0.4 is 10.1 Å². The van der Waals surface area contributed by atoms with E-state index in [1.807, 2.05) is 32.0 Å². The Morgan fingerprint density at radius 1 is 1.26 bits per heavy atom. The van der Waals surface area contributed by atoms with E-state index in [2.05, 4.69) is 57.0 Å². The average Bonchev–Trinajstić information content (AvgIpc) is 3.52. The number of imidazole rings is 1. The highest BCUT2D eigenvalue weighted by Gasteiger charge is 2.53. The van der Waals surface area contributed by atoms with Gasteiger partial charge in [0.25, 0.3) is 5.91 Å². The number of hydrogen-bond acceptors (Lipinski definition) is 7. The van der Waals surface area contributed by atoms with Crippen molar-refractivity contribution in [1.82, 2.24) is 24.3 Å². The zero-order valence-electron chi connectivity index (χ0n) is 22.8. The molecular formula is C29H35N7O2. The minimum absolute atomic E-state index is 0.0236. The van der Waals surface area contributed by atoms with Crippen molar-refractivity contribution < 1.29 is 9.53 Å². The van der Waals surface area contributed by atoms with E-state index in [-0.39, 0.29) is 17.4 Å². The third-order valence-corrected chi connectivity index (χ3v) is 7.61. The number of hydrogen-bond donors (Lipinski definition) is 1. The van der Waals surface area contributed by atoms with Gasteiger partial charge in [-0.25, -0.2) is 4.98 Å². The monoisotopic (exact) mass is 513 g/mol. The highest BCUT2D eigenvalue weighted by Crippen LogP contribution is 2.55. The van der Waals surface area contributed by atoms with Crippen molar-refractivity contribution in [3.63, 3.8) is 0 Å². The number of fused-ring (bicyclic) bond motifs is 2. The minimum Gasteiger partial charge on any atom is -0.492 e. The number of anilines is 1. The van der Waals surface area contributed by atoms with E-state index in [4.69, 9.17) is 4.74 Å². The quantitative estimate of drug-likeness (QED) is 0.463. The first-order chi connectivity index (χ1) is 18.3. The van der Waals surface area contributed by atoms with Crippen LogP contribution in [0.25, 0.3) is 0 Å². The summed E-state index contributed by atoms with van der Waals surface area (Å²) in [5.74, 6) is 1.32. The van der Waals surface area contributed by atoms with E-state index in [1.54, 1.807) is 18.5 Å². The van der Waals surface area contributed by atoms with Crippen LogP contribution in [0.15, 0.2) is 36.8 Å². The molecule has 1 aromatic carbocycles. The van der Waals surface area contributed by atoms with Gasteiger partial charge in [0.1, 0.15) is 17.4 Å². The molecule has 1 aliphatic heterocycles. The van der Waals surface area contributed by atoms with Gasteiger partial charge in [-0.3, -0.25) is 9.78 Å². The fourth-order valence-corrected chi connectivity index (χ4v) is 5.68. The number of carbonyl (C=O) groups is 1. The number of nitrogens with zero attached hydrogens (tertiary/aromatic N) is 6. The van der Waals surface area contributed by atoms with Crippen molar-refractivity contribution in [3.05, 3.63) is 70.3 Å². The Labute approximate surface area is 224 Å². The molecule has 38 heavy (non-hydrogen) atoms. The van der Waals surface area contributed by atoms with Crippen LogP contribution in [0.2, 0.25) is 0 Å². The number of aromatic nitrogens is 3. The zero-order valence-corrected chi connectivity index (χ0v) is 22.8. The van der Waals surface area contributed by atoms with Crippen molar-refractivity contribution in [3.8, 4) is 11.8 Å². The molecule has 1 saturated carbocycles. The number of pyridine rings is 1. The third kappa shape index (κ3) is 4.61. The Bertz CT molecular complexity index is 1400. The molecule has 1 aliphatic carbocycles. The number of ether oxygens (including phenoxy) is 1. The number of amides is 1. The van der Waals surface area contributed by atoms with Gasteiger partial charge in [0.15, 0.2) is 0 Å². The van der Waals surface area contributed by atoms with E-state index >= 15 is 0 Å². The maximum atomic E-state index is 14.2. The molecule has 2 aliphatic rings. The summed E-state index contributed by atoms with van der Waals surface area (Å²) in [5.41, 5.74) is 5.40. The molecule has 1 N–H and O–H groups in total. The first kappa shape index (κ1) is 25.7. The van der Waals surface area contributed by atoms with E-state index in [9.17, 15) is 10.1 Å². The molecule has 0 saturated heterocycles. The summed E-state index contributed by atoms with van der Waals surface area (Å²) < 4.78 is 7.75. The van der Waals surface area contributed by atoms with E-state index < -0.39 is 0 Å². The number of nitrogens with one attached hydrogen (secondary N) is 1. The predicted octanol–water partition coefficient (Wildman–Crippen LogP) is 3.95. The van der Waals surface area contributed by atoms with Gasteiger partial charge in [0, 0.05) is 55.8 Å². The first-order valence-electron chi connectivity index (χ1n) is 13.1. The van der Waals surface area contributed by atoms with Crippen molar-refractivity contribution in [2.75, 3.05) is 39.6 Å². The Morgan fingerprint density at radius 2 is 2.05 bits per heavy atom. The van der Waals surface area contributed by atoms with Gasteiger partial charge in [0.05, 0.1) is 24.9 Å². The van der Waals surface area contributed by atoms with E-state index in [0.29, 0.717) is 31.0 Å². The van der Waals surface area contributed by atoms with Gasteiger partial charge >= 0.3 is 0 Å². The second-order valence-corrected chi connectivity index (χ2v) is 10.6. The fraction of sp³-hybridized carbons (Fsp3) is 0.448. The minimum atomic E-state index is -0.259. The molecule has 198 valence electrons. The summed E-state index contributed by atoms with van der Waals surface area (Å²) >= 11 is 0. The Kier molecular flexibility index (Phi) is 6.84. The van der Waals surface area contributed by atoms with Crippen LogP contribution in [0.1, 0.15) is 71.0 Å². The molecule has 5 rings (SSSR count). The molecule has 1 fully saturated rings. The summed E-state index contributed by atoms with van der Waals surface area (Å²) in [7, 11) is 6.00. The predicted molar refractivity (Wildman–Crippen MR) is 145 cm³/mol. The van der Waals surface area contributed by atoms with E-state index in [0.717, 1.165) is 42.2 Å². The summed E-state index contributed by atoms with van der Waals surface area (Å²) in [5, 5.41) is 12.6. The summed E-state index contributed by atoms with van der Waals surface area (Å²) in [4.78, 5) is 27.2. The molecule has 0 unspecified atom stereocenters. The average molecular weight is 514 g/mol. The van der Waals surface area contributed by atoms with Crippen molar-refractivity contribution >= 4 is 11.9 Å². The number of rotatable bonds is 9. The maximum Gasteiger partial charge on any atom is 0.254 e. The normalized spacial score (nSPS) is 16.3. The topological polar surface area (TPSA) is 99.3 Å². The lowest BCUT2D eigenvalue weighted by atomic mass is 9.81. The summed E-state index contributed by atoms with van der Waals surface area (Å²) in [6.45, 7) is 6.41. The molecule has 3 heterocycles. The molecule has 1 amide bonds. The summed E-state index contributed by atoms with van der Waals surface area (Å²) in [6, 6.07) is 8.03. The molecule has 9 nitrogen and oxygen atoms in total. The van der Waals surface area contributed by atoms with Gasteiger partial charge in [-0.2, -0.15) is 5.26 Å². The molecule has 0 bridgehead atoms. The standard InChI is InChI=1S/C29H35N7O2/c1-6-38-25-13-24(33-15-22(25)14-30)19(2)36-18-29(7-8-29)26-21(17-34(4)5)11-20(12-23(26)27(36)37)16-35-10-9-32-28(35)31-3/h9-13,15,19H,6-8,16-18H2,1-5H3,(H,31,32)/t19-/m1/s1. The molecule has 0 radical (unpaired) electrons. The van der Waals surface area contributed by atoms with Gasteiger partial charge in [-0.1, -0.05) is 6.07 Å². The largest absolute Gasteiger partial charge is 0.492 e. The SMILES string of the molecule is CCOc1cc([C@@H](C)N2CC3(CC3)c3c(CN(C)C)cc(Cn4ccnc4NC)cc3C2=O)ncc1C#N. The summed E-state index contributed by atoms with van der Waals surface area (Å²) in [6.07, 6.45) is 7.39. The maximum absolute atomic E-state index is 14.2. The smallest absolute Gasteiger partial charge is 0.254 e. The lowest BCUT2D eigenvalue weighted by Gasteiger charge is -2.40. The van der Waals surface area contributed by atoms with E-state index in [1.165, 1.54) is 11.1 Å². The van der Waals surface area contributed by atoms with Crippen molar-refractivity contribution in [1.29, 1.82) is 5.26 Å². The molecule has 2 aromatic heterocycles. The second-order valence-electron chi connectivity index (χ2n) is 10.6. The van der Waals surface area contributed by atoms with Crippen LogP contribution in [0.4, 0.5) is 5.95 Å². The van der Waals surface area contributed by atoms with Crippen LogP contribution in [-0.2, 0) is 18.5 Å². The molecule has 3 aromatic rings. The van der Waals surface area contributed by atoms with Crippen LogP contribution in [0.5, 0.6) is 5.75 Å². The number of benzene rings is 1. The molecule has 1 spiro atoms.